The molecule has 0 unspecified atom stereocenters. The predicted octanol–water partition coefficient (Wildman–Crippen LogP) is 18.1. The van der Waals surface area contributed by atoms with Crippen LogP contribution < -0.4 is 4.90 Å². The minimum absolute atomic E-state index is 0.570. The molecule has 10 aromatic carbocycles. The first-order valence-electron chi connectivity index (χ1n) is 22.9. The Morgan fingerprint density at radius 1 is 0.359 bits per heavy atom. The summed E-state index contributed by atoms with van der Waals surface area (Å²) in [6.07, 6.45) is 6.43. The number of hydrogen-bond donors (Lipinski definition) is 0. The van der Waals surface area contributed by atoms with E-state index < -0.39 is 0 Å². The molecule has 1 fully saturated rings. The number of para-hydroxylation sites is 4. The van der Waals surface area contributed by atoms with Crippen LogP contribution in [0.1, 0.15) is 43.6 Å². The van der Waals surface area contributed by atoms with Crippen LogP contribution in [0.3, 0.4) is 0 Å². The van der Waals surface area contributed by atoms with E-state index in [4.69, 9.17) is 4.42 Å². The lowest BCUT2D eigenvalue weighted by Crippen LogP contribution is -2.12. The molecular weight excluding hydrogens is 775 g/mol. The molecule has 0 spiro atoms. The monoisotopic (exact) mass is 821 g/mol. The molecule has 0 atom stereocenters. The van der Waals surface area contributed by atoms with E-state index in [-0.39, 0.29) is 0 Å². The Balaban J connectivity index is 1.02. The Morgan fingerprint density at radius 2 is 0.875 bits per heavy atom. The fraction of sp³-hybridized carbons (Fsp3) is 0.0968. The maximum Gasteiger partial charge on any atom is 0.143 e. The molecule has 0 N–H and O–H groups in total. The molecule has 0 aliphatic heterocycles. The first-order valence-corrected chi connectivity index (χ1v) is 22.9. The third-order valence-corrected chi connectivity index (χ3v) is 13.7. The second kappa shape index (κ2) is 16.2. The highest BCUT2D eigenvalue weighted by atomic mass is 16.3. The molecule has 0 bridgehead atoms. The van der Waals surface area contributed by atoms with Gasteiger partial charge < -0.3 is 9.32 Å². The van der Waals surface area contributed by atoms with Gasteiger partial charge in [0.15, 0.2) is 0 Å². The van der Waals surface area contributed by atoms with Crippen molar-refractivity contribution in [3.63, 3.8) is 0 Å². The van der Waals surface area contributed by atoms with Gasteiger partial charge in [0.2, 0.25) is 0 Å². The van der Waals surface area contributed by atoms with Crippen LogP contribution in [-0.2, 0) is 0 Å². The normalized spacial score (nSPS) is 13.2. The van der Waals surface area contributed by atoms with Gasteiger partial charge in [-0.2, -0.15) is 0 Å². The van der Waals surface area contributed by atoms with Crippen LogP contribution in [0.2, 0.25) is 0 Å². The smallest absolute Gasteiger partial charge is 0.143 e. The average molecular weight is 822 g/mol. The third kappa shape index (κ3) is 6.66. The van der Waals surface area contributed by atoms with Crippen molar-refractivity contribution in [3.8, 4) is 44.5 Å². The van der Waals surface area contributed by atoms with E-state index in [1.54, 1.807) is 0 Å². The van der Waals surface area contributed by atoms with Gasteiger partial charge in [0.1, 0.15) is 11.2 Å². The molecule has 64 heavy (non-hydrogen) atoms. The number of rotatable bonds is 8. The van der Waals surface area contributed by atoms with Crippen molar-refractivity contribution in [1.29, 1.82) is 0 Å². The molecule has 11 aromatic rings. The molecule has 1 saturated carbocycles. The van der Waals surface area contributed by atoms with Crippen molar-refractivity contribution >= 4 is 60.5 Å². The molecule has 1 aliphatic carbocycles. The summed E-state index contributed by atoms with van der Waals surface area (Å²) in [7, 11) is 0. The van der Waals surface area contributed by atoms with Gasteiger partial charge in [0.05, 0.1) is 11.4 Å². The van der Waals surface area contributed by atoms with Crippen molar-refractivity contribution in [3.05, 3.63) is 224 Å². The fourth-order valence-electron chi connectivity index (χ4n) is 10.6. The van der Waals surface area contributed by atoms with Crippen LogP contribution >= 0.6 is 0 Å². The lowest BCUT2D eigenvalue weighted by atomic mass is 9.80. The maximum absolute atomic E-state index is 6.70. The van der Waals surface area contributed by atoms with Crippen molar-refractivity contribution in [2.75, 3.05) is 4.90 Å². The highest BCUT2D eigenvalue weighted by Gasteiger charge is 2.25. The second-order valence-corrected chi connectivity index (χ2v) is 17.4. The van der Waals surface area contributed by atoms with Gasteiger partial charge in [-0.05, 0) is 104 Å². The molecule has 0 amide bonds. The Hall–Kier alpha value is -7.68. The molecule has 1 aliphatic rings. The summed E-state index contributed by atoms with van der Waals surface area (Å²) in [5, 5.41) is 7.46. The van der Waals surface area contributed by atoms with Crippen LogP contribution in [-0.4, -0.2) is 0 Å². The lowest BCUT2D eigenvalue weighted by molar-refractivity contribution is 0.445. The molecule has 2 heteroatoms. The summed E-state index contributed by atoms with van der Waals surface area (Å²) >= 11 is 0. The molecule has 1 heterocycles. The Kier molecular flexibility index (Phi) is 9.64. The van der Waals surface area contributed by atoms with Crippen molar-refractivity contribution < 1.29 is 4.42 Å². The van der Waals surface area contributed by atoms with E-state index in [1.165, 1.54) is 92.6 Å². The Labute approximate surface area is 374 Å². The topological polar surface area (TPSA) is 16.4 Å². The van der Waals surface area contributed by atoms with Crippen LogP contribution in [0.4, 0.5) is 17.1 Å². The summed E-state index contributed by atoms with van der Waals surface area (Å²) in [4.78, 5) is 2.47. The molecule has 0 saturated heterocycles. The highest BCUT2D eigenvalue weighted by Crippen LogP contribution is 2.49. The van der Waals surface area contributed by atoms with Gasteiger partial charge in [-0.1, -0.05) is 207 Å². The molecule has 12 rings (SSSR count). The van der Waals surface area contributed by atoms with E-state index in [9.17, 15) is 0 Å². The largest absolute Gasteiger partial charge is 0.455 e. The summed E-state index contributed by atoms with van der Waals surface area (Å²) in [6, 6.07) is 79.9. The van der Waals surface area contributed by atoms with Crippen LogP contribution in [0.15, 0.2) is 223 Å². The predicted molar refractivity (Wildman–Crippen MR) is 271 cm³/mol. The SMILES string of the molecule is c1ccc(N(c2ccc(-c3ccc(-c4cccc5ccccc45)cc3)cc2)c2ccccc2-c2cccc3cccc(C4CCCCC4)c23)c(-c2cccc3c2oc2ccccc23)c1. The fourth-order valence-corrected chi connectivity index (χ4v) is 10.6. The van der Waals surface area contributed by atoms with E-state index >= 15 is 0 Å². The van der Waals surface area contributed by atoms with Crippen molar-refractivity contribution in [2.24, 2.45) is 0 Å². The number of furan rings is 1. The van der Waals surface area contributed by atoms with Gasteiger partial charge in [0.25, 0.3) is 0 Å². The summed E-state index contributed by atoms with van der Waals surface area (Å²) in [6.45, 7) is 0. The zero-order chi connectivity index (χ0) is 42.4. The third-order valence-electron chi connectivity index (χ3n) is 13.7. The standard InChI is InChI=1S/C62H47NO/c1-2-16-45(17-3-1)51-27-13-20-47-21-14-28-55(61(47)51)52-23-6-9-31-58(52)63(59-32-10-7-24-53(59)56-29-15-30-57-54-25-8-11-33-60(54)64-62(56)57)48-40-38-43(39-41-48)42-34-36-46(37-35-42)50-26-12-19-44-18-4-5-22-49(44)50/h4-15,18-41,45H,1-3,16-17H2. The Morgan fingerprint density at radius 3 is 1.64 bits per heavy atom. The minimum Gasteiger partial charge on any atom is -0.455 e. The number of fused-ring (bicyclic) bond motifs is 5. The molecule has 1 aromatic heterocycles. The second-order valence-electron chi connectivity index (χ2n) is 17.4. The van der Waals surface area contributed by atoms with Gasteiger partial charge in [-0.25, -0.2) is 0 Å². The zero-order valence-electron chi connectivity index (χ0n) is 35.8. The number of benzene rings is 10. The first-order chi connectivity index (χ1) is 31.8. The van der Waals surface area contributed by atoms with Crippen molar-refractivity contribution in [1.82, 2.24) is 0 Å². The number of nitrogens with zero attached hydrogens (tertiary/aromatic N) is 1. The zero-order valence-corrected chi connectivity index (χ0v) is 35.8. The van der Waals surface area contributed by atoms with E-state index in [1.807, 2.05) is 6.07 Å². The highest BCUT2D eigenvalue weighted by molar-refractivity contribution is 6.11. The maximum atomic E-state index is 6.70. The van der Waals surface area contributed by atoms with Gasteiger partial charge >= 0.3 is 0 Å². The summed E-state index contributed by atoms with van der Waals surface area (Å²) < 4.78 is 6.70. The van der Waals surface area contributed by atoms with E-state index in [0.29, 0.717) is 5.92 Å². The Bertz CT molecular complexity index is 3470. The molecule has 306 valence electrons. The first kappa shape index (κ1) is 38.0. The van der Waals surface area contributed by atoms with E-state index in [0.717, 1.165) is 50.1 Å². The molecule has 2 nitrogen and oxygen atoms in total. The minimum atomic E-state index is 0.570. The van der Waals surface area contributed by atoms with Crippen molar-refractivity contribution in [2.45, 2.75) is 38.0 Å². The van der Waals surface area contributed by atoms with E-state index in [2.05, 4.69) is 217 Å². The van der Waals surface area contributed by atoms with Crippen LogP contribution in [0.5, 0.6) is 0 Å². The lowest BCUT2D eigenvalue weighted by Gasteiger charge is -2.31. The van der Waals surface area contributed by atoms with Gasteiger partial charge in [0, 0.05) is 33.2 Å². The van der Waals surface area contributed by atoms with Gasteiger partial charge in [-0.15, -0.1) is 0 Å². The number of hydrogen-bond acceptors (Lipinski definition) is 2. The average Bonchev–Trinajstić information content (AvgIpc) is 3.76. The quantitative estimate of drug-likeness (QED) is 0.152. The molecule has 0 radical (unpaired) electrons. The van der Waals surface area contributed by atoms with Crippen LogP contribution in [0, 0.1) is 0 Å². The summed E-state index contributed by atoms with van der Waals surface area (Å²) in [5.74, 6) is 0.570. The van der Waals surface area contributed by atoms with Gasteiger partial charge in [-0.3, -0.25) is 0 Å². The molecular formula is C62H47NO. The summed E-state index contributed by atoms with van der Waals surface area (Å²) in [5.41, 5.74) is 16.1. The van der Waals surface area contributed by atoms with Crippen LogP contribution in [0.25, 0.3) is 88.0 Å². The number of anilines is 3.